The van der Waals surface area contributed by atoms with Gasteiger partial charge in [0.05, 0.1) is 23.7 Å². The minimum absolute atomic E-state index is 0.0313. The second-order valence-corrected chi connectivity index (χ2v) is 12.4. The molecule has 228 valence electrons. The third-order valence-electron chi connectivity index (χ3n) is 9.11. The zero-order chi connectivity index (χ0) is 30.5. The second kappa shape index (κ2) is 13.3. The van der Waals surface area contributed by atoms with Gasteiger partial charge in [-0.05, 0) is 70.4 Å². The van der Waals surface area contributed by atoms with Gasteiger partial charge in [-0.3, -0.25) is 4.99 Å². The second-order valence-electron chi connectivity index (χ2n) is 12.4. The first-order chi connectivity index (χ1) is 20.0. The number of amidine groups is 1. The molecule has 3 N–H and O–H groups in total. The van der Waals surface area contributed by atoms with Gasteiger partial charge in [0.25, 0.3) is 0 Å². The van der Waals surface area contributed by atoms with E-state index in [1.165, 1.54) is 6.07 Å². The number of hydrogen-bond donors (Lipinski definition) is 2. The van der Waals surface area contributed by atoms with E-state index >= 15 is 0 Å². The van der Waals surface area contributed by atoms with Crippen molar-refractivity contribution in [3.63, 3.8) is 0 Å². The van der Waals surface area contributed by atoms with Crippen molar-refractivity contribution in [1.82, 2.24) is 4.90 Å². The standard InChI is InChI=1S/C33H45FN4O4/c1-22(36)25(30(37-4)38-14-7-16-41-17-15-38)19-26-29(39)20-33(42-31(26)40,24-8-5-6-9-24)13-12-23-10-11-27(28(34)18-23)32(2,3)21-35/h10-11,18,24,39H,5-9,12-17,19-20,36H2,1-4H3. The van der Waals surface area contributed by atoms with Crippen LogP contribution in [0.25, 0.3) is 0 Å². The van der Waals surface area contributed by atoms with Crippen LogP contribution in [-0.2, 0) is 26.1 Å². The first-order valence-electron chi connectivity index (χ1n) is 15.1. The summed E-state index contributed by atoms with van der Waals surface area (Å²) in [4.78, 5) is 20.3. The van der Waals surface area contributed by atoms with Gasteiger partial charge in [-0.15, -0.1) is 0 Å². The average molecular weight is 581 g/mol. The van der Waals surface area contributed by atoms with E-state index in [0.717, 1.165) is 44.2 Å². The lowest BCUT2D eigenvalue weighted by Crippen LogP contribution is -2.46. The molecule has 0 radical (unpaired) electrons. The fourth-order valence-corrected chi connectivity index (χ4v) is 6.62. The Bertz CT molecular complexity index is 1290. The Hall–Kier alpha value is -3.38. The summed E-state index contributed by atoms with van der Waals surface area (Å²) < 4.78 is 26.9. The van der Waals surface area contributed by atoms with Crippen molar-refractivity contribution < 1.29 is 23.8 Å². The van der Waals surface area contributed by atoms with E-state index < -0.39 is 22.8 Å². The van der Waals surface area contributed by atoms with Gasteiger partial charge >= 0.3 is 5.97 Å². The molecule has 3 aliphatic rings. The molecule has 0 amide bonds. The molecule has 1 aromatic rings. The Kier molecular flexibility index (Phi) is 9.98. The van der Waals surface area contributed by atoms with E-state index in [4.69, 9.17) is 15.2 Å². The third-order valence-corrected chi connectivity index (χ3v) is 9.11. The van der Waals surface area contributed by atoms with E-state index in [1.54, 1.807) is 33.9 Å². The maximum Gasteiger partial charge on any atom is 0.338 e. The summed E-state index contributed by atoms with van der Waals surface area (Å²) in [5, 5.41) is 20.9. The number of allylic oxidation sites excluding steroid dienone is 1. The van der Waals surface area contributed by atoms with E-state index in [0.29, 0.717) is 55.3 Å². The van der Waals surface area contributed by atoms with Crippen LogP contribution in [0, 0.1) is 23.1 Å². The minimum Gasteiger partial charge on any atom is -0.512 e. The van der Waals surface area contributed by atoms with Crippen LogP contribution in [0.3, 0.4) is 0 Å². The van der Waals surface area contributed by atoms with E-state index in [-0.39, 0.29) is 30.1 Å². The predicted molar refractivity (Wildman–Crippen MR) is 160 cm³/mol. The Balaban J connectivity index is 1.58. The summed E-state index contributed by atoms with van der Waals surface area (Å²) in [6.45, 7) is 7.87. The number of aliphatic hydroxyl groups is 1. The number of nitriles is 1. The molecule has 4 rings (SSSR count). The Labute approximate surface area is 249 Å². The summed E-state index contributed by atoms with van der Waals surface area (Å²) in [7, 11) is 1.71. The van der Waals surface area contributed by atoms with Crippen LogP contribution < -0.4 is 5.73 Å². The van der Waals surface area contributed by atoms with Crippen molar-refractivity contribution >= 4 is 11.8 Å². The van der Waals surface area contributed by atoms with Crippen LogP contribution in [0.2, 0.25) is 0 Å². The van der Waals surface area contributed by atoms with Crippen molar-refractivity contribution in [2.45, 2.75) is 89.6 Å². The van der Waals surface area contributed by atoms with Gasteiger partial charge in [0.1, 0.15) is 23.0 Å². The smallest absolute Gasteiger partial charge is 0.338 e. The topological polar surface area (TPSA) is 121 Å². The maximum atomic E-state index is 15.0. The van der Waals surface area contributed by atoms with Gasteiger partial charge < -0.3 is 25.2 Å². The van der Waals surface area contributed by atoms with E-state index in [9.17, 15) is 19.6 Å². The van der Waals surface area contributed by atoms with Crippen LogP contribution in [0.15, 0.2) is 45.8 Å². The summed E-state index contributed by atoms with van der Waals surface area (Å²) in [5.41, 5.74) is 7.09. The average Bonchev–Trinajstić information content (AvgIpc) is 3.37. The number of aliphatic hydroxyl groups excluding tert-OH is 1. The first kappa shape index (κ1) is 31.6. The number of nitrogens with two attached hydrogens (primary N) is 1. The molecule has 2 fully saturated rings. The highest BCUT2D eigenvalue weighted by Gasteiger charge is 2.48. The monoisotopic (exact) mass is 580 g/mol. The lowest BCUT2D eigenvalue weighted by Gasteiger charge is -2.42. The van der Waals surface area contributed by atoms with Gasteiger partial charge in [-0.1, -0.05) is 25.0 Å². The SMILES string of the molecule is CN=C(C(CC1=C(O)CC(CCc2ccc(C(C)(C)C#N)c(F)c2)(C2CCCC2)OC1=O)=C(C)N)N1CCCOCC1. The van der Waals surface area contributed by atoms with Crippen LogP contribution in [-0.4, -0.2) is 60.8 Å². The fraction of sp³-hybridized carbons (Fsp3) is 0.606. The van der Waals surface area contributed by atoms with Crippen LogP contribution in [0.5, 0.6) is 0 Å². The maximum absolute atomic E-state index is 15.0. The van der Waals surface area contributed by atoms with Gasteiger partial charge in [0.2, 0.25) is 0 Å². The summed E-state index contributed by atoms with van der Waals surface area (Å²) in [6.07, 6.45) is 6.06. The molecular formula is C33H45FN4O4. The fourth-order valence-electron chi connectivity index (χ4n) is 6.62. The largest absolute Gasteiger partial charge is 0.512 e. The zero-order valence-corrected chi connectivity index (χ0v) is 25.5. The molecular weight excluding hydrogens is 535 g/mol. The zero-order valence-electron chi connectivity index (χ0n) is 25.5. The molecule has 2 heterocycles. The number of cyclic esters (lactones) is 1. The molecule has 2 aliphatic heterocycles. The molecule has 1 unspecified atom stereocenters. The molecule has 42 heavy (non-hydrogen) atoms. The van der Waals surface area contributed by atoms with Crippen molar-refractivity contribution in [3.05, 3.63) is 57.7 Å². The van der Waals surface area contributed by atoms with Crippen molar-refractivity contribution in [1.29, 1.82) is 5.26 Å². The molecule has 8 nitrogen and oxygen atoms in total. The number of carbonyl (C=O) groups is 1. The third kappa shape index (κ3) is 6.81. The highest BCUT2D eigenvalue weighted by molar-refractivity contribution is 6.01. The number of ether oxygens (including phenoxy) is 2. The minimum atomic E-state index is -0.932. The highest BCUT2D eigenvalue weighted by atomic mass is 19.1. The van der Waals surface area contributed by atoms with Crippen molar-refractivity contribution in [3.8, 4) is 6.07 Å². The number of nitrogens with zero attached hydrogens (tertiary/aromatic N) is 3. The summed E-state index contributed by atoms with van der Waals surface area (Å²) in [6, 6.07) is 7.14. The lowest BCUT2D eigenvalue weighted by molar-refractivity contribution is -0.167. The molecule has 1 aliphatic carbocycles. The lowest BCUT2D eigenvalue weighted by atomic mass is 9.76. The van der Waals surface area contributed by atoms with Gasteiger partial charge in [-0.2, -0.15) is 5.26 Å². The van der Waals surface area contributed by atoms with Crippen molar-refractivity contribution in [2.75, 3.05) is 33.4 Å². The molecule has 0 bridgehead atoms. The predicted octanol–water partition coefficient (Wildman–Crippen LogP) is 5.62. The Morgan fingerprint density at radius 3 is 2.62 bits per heavy atom. The number of esters is 1. The summed E-state index contributed by atoms with van der Waals surface area (Å²) >= 11 is 0. The van der Waals surface area contributed by atoms with Gasteiger partial charge in [0.15, 0.2) is 0 Å². The van der Waals surface area contributed by atoms with Crippen LogP contribution >= 0.6 is 0 Å². The molecule has 9 heteroatoms. The molecule has 1 atom stereocenters. The van der Waals surface area contributed by atoms with Crippen LogP contribution in [0.4, 0.5) is 4.39 Å². The number of carbonyl (C=O) groups excluding carboxylic acids is 1. The number of benzene rings is 1. The first-order valence-corrected chi connectivity index (χ1v) is 15.1. The van der Waals surface area contributed by atoms with E-state index in [1.807, 2.05) is 6.07 Å². The molecule has 0 aromatic heterocycles. The molecule has 1 saturated carbocycles. The number of aliphatic imine (C=N–C) groups is 1. The molecule has 1 saturated heterocycles. The van der Waals surface area contributed by atoms with Gasteiger partial charge in [0, 0.05) is 56.4 Å². The normalized spacial score (nSPS) is 23.4. The highest BCUT2D eigenvalue weighted by Crippen LogP contribution is 2.46. The molecule has 0 spiro atoms. The quantitative estimate of drug-likeness (QED) is 0.233. The van der Waals surface area contributed by atoms with Gasteiger partial charge in [-0.25, -0.2) is 9.18 Å². The summed E-state index contributed by atoms with van der Waals surface area (Å²) in [5.74, 6) is -0.102. The number of aryl methyl sites for hydroxylation is 1. The Morgan fingerprint density at radius 2 is 2.00 bits per heavy atom. The molecule has 1 aromatic carbocycles. The number of hydrogen-bond acceptors (Lipinski definition) is 7. The number of halogens is 1. The van der Waals surface area contributed by atoms with Crippen molar-refractivity contribution in [2.24, 2.45) is 16.6 Å². The Morgan fingerprint density at radius 1 is 1.26 bits per heavy atom. The number of rotatable bonds is 8. The van der Waals surface area contributed by atoms with Crippen LogP contribution in [0.1, 0.15) is 83.3 Å². The van der Waals surface area contributed by atoms with E-state index in [2.05, 4.69) is 16.0 Å².